The Morgan fingerprint density at radius 3 is 2.58 bits per heavy atom. The van der Waals surface area contributed by atoms with Crippen LogP contribution in [0.3, 0.4) is 0 Å². The summed E-state index contributed by atoms with van der Waals surface area (Å²) in [6, 6.07) is 11.0. The van der Waals surface area contributed by atoms with Crippen molar-refractivity contribution in [1.29, 1.82) is 0 Å². The molecule has 5 rings (SSSR count). The normalized spacial score (nSPS) is 16.6. The van der Waals surface area contributed by atoms with Gasteiger partial charge in [0.25, 0.3) is 5.56 Å². The minimum atomic E-state index is -0.0801. The Bertz CT molecular complexity index is 1220. The Morgan fingerprint density at radius 2 is 1.81 bits per heavy atom. The SMILES string of the molecule is Cn1ccc(-c2ccc(-c3cc4c(nn3)C(C3CCCCC3)=CCC4)c(O)c2)cc1=O. The first-order valence-corrected chi connectivity index (χ1v) is 11.2. The molecule has 1 N–H and O–H groups in total. The largest absolute Gasteiger partial charge is 0.507 e. The minimum Gasteiger partial charge on any atom is -0.507 e. The number of pyridine rings is 1. The molecule has 0 amide bonds. The van der Waals surface area contributed by atoms with Crippen molar-refractivity contribution in [3.63, 3.8) is 0 Å². The molecule has 5 nitrogen and oxygen atoms in total. The van der Waals surface area contributed by atoms with Crippen molar-refractivity contribution in [2.75, 3.05) is 0 Å². The molecular weight excluding hydrogens is 386 g/mol. The van der Waals surface area contributed by atoms with Crippen molar-refractivity contribution in [1.82, 2.24) is 14.8 Å². The third-order valence-corrected chi connectivity index (χ3v) is 6.68. The van der Waals surface area contributed by atoms with E-state index in [0.717, 1.165) is 29.7 Å². The Hall–Kier alpha value is -3.21. The zero-order valence-corrected chi connectivity index (χ0v) is 17.8. The predicted molar refractivity (Wildman–Crippen MR) is 123 cm³/mol. The van der Waals surface area contributed by atoms with Gasteiger partial charge in [0.1, 0.15) is 5.75 Å². The fourth-order valence-corrected chi connectivity index (χ4v) is 4.91. The summed E-state index contributed by atoms with van der Waals surface area (Å²) in [5.41, 5.74) is 6.51. The van der Waals surface area contributed by atoms with E-state index in [4.69, 9.17) is 0 Å². The van der Waals surface area contributed by atoms with E-state index in [1.807, 2.05) is 18.2 Å². The molecule has 2 heterocycles. The minimum absolute atomic E-state index is 0.0801. The number of phenols is 1. The molecule has 0 spiro atoms. The predicted octanol–water partition coefficient (Wildman–Crippen LogP) is 5.12. The van der Waals surface area contributed by atoms with Crippen molar-refractivity contribution in [2.45, 2.75) is 44.9 Å². The van der Waals surface area contributed by atoms with E-state index in [1.54, 1.807) is 25.4 Å². The summed E-state index contributed by atoms with van der Waals surface area (Å²) in [7, 11) is 1.72. The molecule has 0 bridgehead atoms. The van der Waals surface area contributed by atoms with E-state index in [9.17, 15) is 9.90 Å². The molecule has 1 aromatic carbocycles. The second-order valence-electron chi connectivity index (χ2n) is 8.73. The van der Waals surface area contributed by atoms with Crippen molar-refractivity contribution >= 4 is 5.57 Å². The molecule has 0 unspecified atom stereocenters. The third-order valence-electron chi connectivity index (χ3n) is 6.68. The van der Waals surface area contributed by atoms with Gasteiger partial charge in [-0.2, -0.15) is 0 Å². The molecule has 0 aliphatic heterocycles. The van der Waals surface area contributed by atoms with Gasteiger partial charge in [-0.05, 0) is 78.1 Å². The van der Waals surface area contributed by atoms with Crippen LogP contribution in [-0.4, -0.2) is 19.9 Å². The lowest BCUT2D eigenvalue weighted by atomic mass is 9.79. The maximum absolute atomic E-state index is 11.9. The maximum atomic E-state index is 11.9. The first-order valence-electron chi connectivity index (χ1n) is 11.2. The molecule has 5 heteroatoms. The average molecular weight is 414 g/mol. The van der Waals surface area contributed by atoms with Gasteiger partial charge < -0.3 is 9.67 Å². The van der Waals surface area contributed by atoms with E-state index < -0.39 is 0 Å². The fraction of sp³-hybridized carbons (Fsp3) is 0.346. The first-order chi connectivity index (χ1) is 15.1. The molecule has 0 atom stereocenters. The van der Waals surface area contributed by atoms with Crippen LogP contribution < -0.4 is 5.56 Å². The number of hydrogen-bond acceptors (Lipinski definition) is 4. The molecule has 1 fully saturated rings. The third kappa shape index (κ3) is 3.80. The average Bonchev–Trinajstić information content (AvgIpc) is 2.80. The lowest BCUT2D eigenvalue weighted by Crippen LogP contribution is -2.14. The van der Waals surface area contributed by atoms with Gasteiger partial charge in [-0.15, -0.1) is 10.2 Å². The quantitative estimate of drug-likeness (QED) is 0.647. The summed E-state index contributed by atoms with van der Waals surface area (Å²) >= 11 is 0. The van der Waals surface area contributed by atoms with Crippen LogP contribution in [0.1, 0.15) is 49.8 Å². The Kier molecular flexibility index (Phi) is 5.18. The second-order valence-corrected chi connectivity index (χ2v) is 8.73. The van der Waals surface area contributed by atoms with Gasteiger partial charge in [-0.25, -0.2) is 0 Å². The molecule has 0 radical (unpaired) electrons. The fourth-order valence-electron chi connectivity index (χ4n) is 4.91. The highest BCUT2D eigenvalue weighted by Crippen LogP contribution is 2.39. The zero-order valence-electron chi connectivity index (χ0n) is 17.8. The molecule has 0 saturated heterocycles. The number of rotatable bonds is 3. The summed E-state index contributed by atoms with van der Waals surface area (Å²) < 4.78 is 1.52. The van der Waals surface area contributed by atoms with Crippen LogP contribution in [0, 0.1) is 5.92 Å². The lowest BCUT2D eigenvalue weighted by Gasteiger charge is -2.27. The number of aromatic nitrogens is 3. The number of aromatic hydroxyl groups is 1. The molecule has 158 valence electrons. The van der Waals surface area contributed by atoms with Crippen LogP contribution >= 0.6 is 0 Å². The van der Waals surface area contributed by atoms with Gasteiger partial charge in [0.2, 0.25) is 0 Å². The van der Waals surface area contributed by atoms with Gasteiger partial charge >= 0.3 is 0 Å². The number of aryl methyl sites for hydroxylation is 2. The Labute approximate surface area is 182 Å². The highest BCUT2D eigenvalue weighted by Gasteiger charge is 2.25. The number of hydrogen-bond donors (Lipinski definition) is 1. The van der Waals surface area contributed by atoms with Gasteiger partial charge in [0.15, 0.2) is 0 Å². The highest BCUT2D eigenvalue weighted by atomic mass is 16.3. The van der Waals surface area contributed by atoms with Crippen molar-refractivity contribution in [2.24, 2.45) is 13.0 Å². The van der Waals surface area contributed by atoms with Crippen molar-refractivity contribution in [3.05, 3.63) is 70.3 Å². The maximum Gasteiger partial charge on any atom is 0.250 e. The van der Waals surface area contributed by atoms with Crippen molar-refractivity contribution in [3.8, 4) is 28.1 Å². The molecule has 2 aliphatic carbocycles. The van der Waals surface area contributed by atoms with E-state index >= 15 is 0 Å². The Morgan fingerprint density at radius 1 is 1.00 bits per heavy atom. The van der Waals surface area contributed by atoms with Gasteiger partial charge in [-0.3, -0.25) is 4.79 Å². The number of phenolic OH excluding ortho intramolecular Hbond substituents is 1. The smallest absolute Gasteiger partial charge is 0.250 e. The van der Waals surface area contributed by atoms with Crippen LogP contribution in [0.5, 0.6) is 5.75 Å². The van der Waals surface area contributed by atoms with Gasteiger partial charge in [-0.1, -0.05) is 31.4 Å². The van der Waals surface area contributed by atoms with E-state index in [0.29, 0.717) is 17.2 Å². The molecule has 2 aromatic heterocycles. The molecule has 2 aliphatic rings. The number of nitrogens with zero attached hydrogens (tertiary/aromatic N) is 3. The number of benzene rings is 1. The molecular formula is C26H27N3O2. The van der Waals surface area contributed by atoms with Crippen LogP contribution in [0.2, 0.25) is 0 Å². The summed E-state index contributed by atoms with van der Waals surface area (Å²) in [4.78, 5) is 11.9. The van der Waals surface area contributed by atoms with Crippen LogP contribution in [-0.2, 0) is 13.5 Å². The zero-order chi connectivity index (χ0) is 21.4. The highest BCUT2D eigenvalue weighted by molar-refractivity contribution is 5.76. The van der Waals surface area contributed by atoms with E-state index in [1.165, 1.54) is 47.8 Å². The van der Waals surface area contributed by atoms with Gasteiger partial charge in [0, 0.05) is 24.9 Å². The number of allylic oxidation sites excluding steroid dienone is 2. The topological polar surface area (TPSA) is 68.0 Å². The van der Waals surface area contributed by atoms with Gasteiger partial charge in [0.05, 0.1) is 11.4 Å². The standard InChI is InChI=1S/C26H27N3O2/c1-29-13-12-19(16-25(29)31)18-10-11-22(24(30)15-18)23-14-20-8-5-9-21(26(20)28-27-23)17-6-3-2-4-7-17/h9-17,30H,2-8H2,1H3. The lowest BCUT2D eigenvalue weighted by molar-refractivity contribution is 0.427. The molecule has 1 saturated carbocycles. The van der Waals surface area contributed by atoms with Crippen LogP contribution in [0.25, 0.3) is 28.0 Å². The molecule has 3 aromatic rings. The van der Waals surface area contributed by atoms with E-state index in [2.05, 4.69) is 22.3 Å². The van der Waals surface area contributed by atoms with Crippen molar-refractivity contribution < 1.29 is 5.11 Å². The second kappa shape index (κ2) is 8.14. The van der Waals surface area contributed by atoms with Crippen LogP contribution in [0.4, 0.5) is 0 Å². The summed E-state index contributed by atoms with van der Waals surface area (Å²) in [6.07, 6.45) is 12.5. The monoisotopic (exact) mass is 413 g/mol. The summed E-state index contributed by atoms with van der Waals surface area (Å²) in [6.45, 7) is 0. The Balaban J connectivity index is 1.46. The first kappa shape index (κ1) is 19.7. The molecule has 31 heavy (non-hydrogen) atoms. The number of fused-ring (bicyclic) bond motifs is 1. The summed E-state index contributed by atoms with van der Waals surface area (Å²) in [5, 5.41) is 19.8. The summed E-state index contributed by atoms with van der Waals surface area (Å²) in [5.74, 6) is 0.755. The van der Waals surface area contributed by atoms with E-state index in [-0.39, 0.29) is 11.3 Å². The van der Waals surface area contributed by atoms with Crippen LogP contribution in [0.15, 0.2) is 53.5 Å².